The lowest BCUT2D eigenvalue weighted by Gasteiger charge is -2.03. The fraction of sp³-hybridized carbons (Fsp3) is 0.583. The van der Waals surface area contributed by atoms with E-state index in [-0.39, 0.29) is 6.04 Å². The van der Waals surface area contributed by atoms with Gasteiger partial charge in [0.1, 0.15) is 0 Å². The first-order valence-electron chi connectivity index (χ1n) is 6.35. The SMILES string of the molecule is CCc1cc(Cn2cc(C(C)N)nn2)n(CC)n1. The van der Waals surface area contributed by atoms with Gasteiger partial charge in [-0.3, -0.25) is 4.68 Å². The molecular weight excluding hydrogens is 228 g/mol. The fourth-order valence-corrected chi connectivity index (χ4v) is 1.85. The topological polar surface area (TPSA) is 74.6 Å². The zero-order chi connectivity index (χ0) is 13.1. The summed E-state index contributed by atoms with van der Waals surface area (Å²) in [5.41, 5.74) is 8.84. The molecule has 98 valence electrons. The molecule has 2 rings (SSSR count). The van der Waals surface area contributed by atoms with Crippen LogP contribution in [0.2, 0.25) is 0 Å². The Morgan fingerprint density at radius 1 is 1.39 bits per heavy atom. The highest BCUT2D eigenvalue weighted by Crippen LogP contribution is 2.09. The number of nitrogens with two attached hydrogens (primary N) is 1. The highest BCUT2D eigenvalue weighted by atomic mass is 15.4. The maximum Gasteiger partial charge on any atom is 0.0991 e. The first-order chi connectivity index (χ1) is 8.63. The number of hydrogen-bond donors (Lipinski definition) is 1. The average molecular weight is 248 g/mol. The third-order valence-electron chi connectivity index (χ3n) is 2.92. The maximum absolute atomic E-state index is 5.77. The second-order valence-electron chi connectivity index (χ2n) is 4.43. The molecule has 0 fully saturated rings. The Kier molecular flexibility index (Phi) is 3.76. The Hall–Kier alpha value is -1.69. The summed E-state index contributed by atoms with van der Waals surface area (Å²) < 4.78 is 3.81. The van der Waals surface area contributed by atoms with Crippen LogP contribution in [-0.4, -0.2) is 24.8 Å². The zero-order valence-electron chi connectivity index (χ0n) is 11.2. The van der Waals surface area contributed by atoms with Crippen molar-refractivity contribution in [2.75, 3.05) is 0 Å². The Morgan fingerprint density at radius 3 is 2.72 bits per heavy atom. The standard InChI is InChI=1S/C12H20N6/c1-4-10-6-11(18(5-2)15-10)7-17-8-12(9(3)13)14-16-17/h6,8-9H,4-5,7,13H2,1-3H3. The van der Waals surface area contributed by atoms with Gasteiger partial charge in [-0.2, -0.15) is 5.10 Å². The molecule has 0 amide bonds. The monoisotopic (exact) mass is 248 g/mol. The van der Waals surface area contributed by atoms with Crippen LogP contribution in [-0.2, 0) is 19.5 Å². The summed E-state index contributed by atoms with van der Waals surface area (Å²) in [6.07, 6.45) is 2.84. The second kappa shape index (κ2) is 5.30. The summed E-state index contributed by atoms with van der Waals surface area (Å²) in [4.78, 5) is 0. The van der Waals surface area contributed by atoms with Crippen molar-refractivity contribution in [1.82, 2.24) is 24.8 Å². The number of aryl methyl sites for hydroxylation is 2. The van der Waals surface area contributed by atoms with Gasteiger partial charge in [-0.25, -0.2) is 4.68 Å². The van der Waals surface area contributed by atoms with Crippen LogP contribution in [0.5, 0.6) is 0 Å². The zero-order valence-corrected chi connectivity index (χ0v) is 11.2. The van der Waals surface area contributed by atoms with Crippen LogP contribution in [0.4, 0.5) is 0 Å². The van der Waals surface area contributed by atoms with Crippen molar-refractivity contribution in [1.29, 1.82) is 0 Å². The number of nitrogens with zero attached hydrogens (tertiary/aromatic N) is 5. The van der Waals surface area contributed by atoms with E-state index >= 15 is 0 Å². The van der Waals surface area contributed by atoms with Crippen LogP contribution < -0.4 is 5.73 Å². The average Bonchev–Trinajstić information content (AvgIpc) is 2.96. The van der Waals surface area contributed by atoms with E-state index in [2.05, 4.69) is 35.3 Å². The Balaban J connectivity index is 2.19. The first-order valence-corrected chi connectivity index (χ1v) is 6.35. The summed E-state index contributed by atoms with van der Waals surface area (Å²) in [7, 11) is 0. The van der Waals surface area contributed by atoms with Crippen LogP contribution in [0.15, 0.2) is 12.3 Å². The molecular formula is C12H20N6. The van der Waals surface area contributed by atoms with E-state index < -0.39 is 0 Å². The number of aromatic nitrogens is 5. The summed E-state index contributed by atoms with van der Waals surface area (Å²) in [5.74, 6) is 0. The lowest BCUT2D eigenvalue weighted by molar-refractivity contribution is 0.563. The molecule has 2 aromatic heterocycles. The van der Waals surface area contributed by atoms with Crippen LogP contribution in [0, 0.1) is 0 Å². The molecule has 0 spiro atoms. The van der Waals surface area contributed by atoms with E-state index in [9.17, 15) is 0 Å². The molecule has 0 aliphatic heterocycles. The molecule has 0 saturated carbocycles. The fourth-order valence-electron chi connectivity index (χ4n) is 1.85. The van der Waals surface area contributed by atoms with E-state index in [0.29, 0.717) is 6.54 Å². The summed E-state index contributed by atoms with van der Waals surface area (Å²) in [6, 6.07) is 2.04. The van der Waals surface area contributed by atoms with Crippen LogP contribution in [0.3, 0.4) is 0 Å². The lowest BCUT2D eigenvalue weighted by Crippen LogP contribution is -2.08. The van der Waals surface area contributed by atoms with E-state index in [1.807, 2.05) is 17.8 Å². The second-order valence-corrected chi connectivity index (χ2v) is 4.43. The predicted octanol–water partition coefficient (Wildman–Crippen LogP) is 1.12. The number of hydrogen-bond acceptors (Lipinski definition) is 4. The van der Waals surface area contributed by atoms with Gasteiger partial charge >= 0.3 is 0 Å². The van der Waals surface area contributed by atoms with Crippen molar-refractivity contribution in [3.8, 4) is 0 Å². The van der Waals surface area contributed by atoms with Crippen LogP contribution in [0.1, 0.15) is 43.9 Å². The van der Waals surface area contributed by atoms with E-state index in [1.54, 1.807) is 4.68 Å². The molecule has 18 heavy (non-hydrogen) atoms. The molecule has 0 saturated heterocycles. The quantitative estimate of drug-likeness (QED) is 0.860. The van der Waals surface area contributed by atoms with Crippen LogP contribution in [0.25, 0.3) is 0 Å². The maximum atomic E-state index is 5.77. The predicted molar refractivity (Wildman–Crippen MR) is 69.0 cm³/mol. The summed E-state index contributed by atoms with van der Waals surface area (Å²) in [6.45, 7) is 7.64. The largest absolute Gasteiger partial charge is 0.323 e. The van der Waals surface area contributed by atoms with Gasteiger partial charge in [0.15, 0.2) is 0 Å². The van der Waals surface area contributed by atoms with Gasteiger partial charge in [-0.1, -0.05) is 12.1 Å². The molecule has 1 atom stereocenters. The van der Waals surface area contributed by atoms with Crippen molar-refractivity contribution in [2.24, 2.45) is 5.73 Å². The lowest BCUT2D eigenvalue weighted by atomic mass is 10.3. The van der Waals surface area contributed by atoms with E-state index in [0.717, 1.165) is 30.0 Å². The van der Waals surface area contributed by atoms with Gasteiger partial charge in [0, 0.05) is 12.6 Å². The molecule has 0 radical (unpaired) electrons. The van der Waals surface area contributed by atoms with Gasteiger partial charge in [0.25, 0.3) is 0 Å². The summed E-state index contributed by atoms with van der Waals surface area (Å²) in [5, 5.41) is 12.7. The third kappa shape index (κ3) is 2.59. The smallest absolute Gasteiger partial charge is 0.0991 e. The highest BCUT2D eigenvalue weighted by Gasteiger charge is 2.09. The molecule has 2 N–H and O–H groups in total. The van der Waals surface area contributed by atoms with Crippen molar-refractivity contribution >= 4 is 0 Å². The van der Waals surface area contributed by atoms with E-state index in [1.165, 1.54) is 0 Å². The minimum absolute atomic E-state index is 0.0824. The molecule has 2 heterocycles. The Labute approximate surface area is 107 Å². The minimum atomic E-state index is -0.0824. The molecule has 0 aromatic carbocycles. The first kappa shape index (κ1) is 12.8. The van der Waals surface area contributed by atoms with Crippen LogP contribution >= 0.6 is 0 Å². The van der Waals surface area contributed by atoms with Gasteiger partial charge < -0.3 is 5.73 Å². The molecule has 0 bridgehead atoms. The van der Waals surface area contributed by atoms with Gasteiger partial charge in [-0.05, 0) is 26.3 Å². The van der Waals surface area contributed by atoms with Crippen molar-refractivity contribution in [3.05, 3.63) is 29.3 Å². The molecule has 0 aliphatic carbocycles. The van der Waals surface area contributed by atoms with Gasteiger partial charge in [0.05, 0.1) is 29.8 Å². The van der Waals surface area contributed by atoms with Gasteiger partial charge in [0.2, 0.25) is 0 Å². The normalized spacial score (nSPS) is 12.9. The molecule has 0 aliphatic rings. The highest BCUT2D eigenvalue weighted by molar-refractivity contribution is 5.11. The van der Waals surface area contributed by atoms with E-state index in [4.69, 9.17) is 5.73 Å². The van der Waals surface area contributed by atoms with Gasteiger partial charge in [-0.15, -0.1) is 5.10 Å². The third-order valence-corrected chi connectivity index (χ3v) is 2.92. The molecule has 6 heteroatoms. The number of rotatable bonds is 5. The van der Waals surface area contributed by atoms with Crippen molar-refractivity contribution in [2.45, 2.75) is 46.3 Å². The molecule has 6 nitrogen and oxygen atoms in total. The minimum Gasteiger partial charge on any atom is -0.323 e. The van der Waals surface area contributed by atoms with Crippen molar-refractivity contribution < 1.29 is 0 Å². The van der Waals surface area contributed by atoms with Crippen molar-refractivity contribution in [3.63, 3.8) is 0 Å². The summed E-state index contributed by atoms with van der Waals surface area (Å²) >= 11 is 0. The molecule has 1 unspecified atom stereocenters. The Bertz CT molecular complexity index is 510. The molecule has 2 aromatic rings. The Morgan fingerprint density at radius 2 is 2.17 bits per heavy atom.